The molecule has 5 aromatic carbocycles. The first-order chi connectivity index (χ1) is 20.9. The number of fused-ring (bicyclic) bond motifs is 5. The second kappa shape index (κ2) is 10.1. The van der Waals surface area contributed by atoms with Crippen molar-refractivity contribution >= 4 is 49.6 Å². The van der Waals surface area contributed by atoms with Crippen LogP contribution >= 0.6 is 0 Å². The number of rotatable bonds is 4. The Hall–Kier alpha value is -4.60. The summed E-state index contributed by atoms with van der Waals surface area (Å²) < 4.78 is 32.4. The third kappa shape index (κ3) is 4.25. The Morgan fingerprint density at radius 3 is 2.37 bits per heavy atom. The topological polar surface area (TPSA) is 33.5 Å². The van der Waals surface area contributed by atoms with Crippen LogP contribution in [0.1, 0.15) is 4.11 Å². The van der Waals surface area contributed by atoms with Crippen LogP contribution in [0.2, 0.25) is 0 Å². The minimum absolute atomic E-state index is 0. The zero-order valence-corrected chi connectivity index (χ0v) is 23.8. The van der Waals surface area contributed by atoms with Crippen molar-refractivity contribution in [2.45, 2.75) is 0 Å². The molecule has 0 atom stereocenters. The molecule has 6 heteroatoms. The molecule has 0 bridgehead atoms. The maximum atomic E-state index is 7.99. The molecule has 0 amide bonds. The van der Waals surface area contributed by atoms with Gasteiger partial charge in [-0.25, -0.2) is 4.98 Å². The Balaban J connectivity index is 0.00000312. The number of ether oxygens (including phenoxy) is 1. The molecule has 202 valence electrons. The molecule has 0 saturated heterocycles. The smallest absolute Gasteiger partial charge is 0.135 e. The first-order valence-corrected chi connectivity index (χ1v) is 13.0. The molecule has 0 unspecified atom stereocenters. The third-order valence-corrected chi connectivity index (χ3v) is 7.26. The average Bonchev–Trinajstić information content (AvgIpc) is 3.56. The van der Waals surface area contributed by atoms with Gasteiger partial charge >= 0.3 is 0 Å². The predicted molar refractivity (Wildman–Crippen MR) is 162 cm³/mol. The number of hydrogen-bond acceptors (Lipinski definition) is 4. The van der Waals surface area contributed by atoms with E-state index in [1.807, 2.05) is 77.7 Å². The number of anilines is 3. The van der Waals surface area contributed by atoms with Crippen LogP contribution in [0.4, 0.5) is 17.1 Å². The van der Waals surface area contributed by atoms with Gasteiger partial charge in [0.05, 0.1) is 0 Å². The van der Waals surface area contributed by atoms with Crippen LogP contribution in [0.25, 0.3) is 38.4 Å². The van der Waals surface area contributed by atoms with Crippen LogP contribution in [-0.4, -0.2) is 16.5 Å². The summed E-state index contributed by atoms with van der Waals surface area (Å²) in [6, 6.07) is 42.3. The fraction of sp³-hybridized carbons (Fsp3) is 0.0286. The van der Waals surface area contributed by atoms with Crippen molar-refractivity contribution < 1.29 is 29.9 Å². The van der Waals surface area contributed by atoms with Crippen molar-refractivity contribution in [2.75, 3.05) is 16.8 Å². The summed E-state index contributed by atoms with van der Waals surface area (Å²) in [6.45, 7) is -0.734. The largest absolute Gasteiger partial charge is 0.509 e. The molecule has 2 aromatic heterocycles. The Morgan fingerprint density at radius 2 is 1.54 bits per heavy atom. The van der Waals surface area contributed by atoms with Crippen molar-refractivity contribution in [3.8, 4) is 17.3 Å². The van der Waals surface area contributed by atoms with Crippen LogP contribution in [0, 0.1) is 18.8 Å². The van der Waals surface area contributed by atoms with Crippen molar-refractivity contribution in [3.63, 3.8) is 0 Å². The van der Waals surface area contributed by atoms with Crippen molar-refractivity contribution in [1.82, 2.24) is 9.55 Å². The van der Waals surface area contributed by atoms with E-state index in [0.29, 0.717) is 22.9 Å². The fourth-order valence-electron chi connectivity index (χ4n) is 5.45. The molecule has 0 saturated carbocycles. The first kappa shape index (κ1) is 22.1. The van der Waals surface area contributed by atoms with E-state index in [2.05, 4.69) is 52.0 Å². The molecule has 7 aromatic rings. The van der Waals surface area contributed by atoms with Crippen LogP contribution in [-0.2, 0) is 21.1 Å². The first-order valence-electron chi connectivity index (χ1n) is 14.5. The number of hydrogen-bond donors (Lipinski definition) is 0. The summed E-state index contributed by atoms with van der Waals surface area (Å²) in [5.41, 5.74) is 3.92. The van der Waals surface area contributed by atoms with Gasteiger partial charge in [-0.1, -0.05) is 54.0 Å². The average molecular weight is 714 g/mol. The minimum Gasteiger partial charge on any atom is -0.509 e. The van der Waals surface area contributed by atoms with E-state index < -0.39 is 6.98 Å². The van der Waals surface area contributed by atoms with Gasteiger partial charge in [0.1, 0.15) is 5.82 Å². The summed E-state index contributed by atoms with van der Waals surface area (Å²) in [5, 5.41) is 4.47. The van der Waals surface area contributed by atoms with Gasteiger partial charge in [0.15, 0.2) is 0 Å². The van der Waals surface area contributed by atoms with Crippen LogP contribution in [0.15, 0.2) is 115 Å². The third-order valence-electron chi connectivity index (χ3n) is 7.26. The van der Waals surface area contributed by atoms with Gasteiger partial charge in [-0.2, -0.15) is 18.8 Å². The molecule has 1 aliphatic heterocycles. The van der Waals surface area contributed by atoms with E-state index in [1.165, 1.54) is 10.3 Å². The minimum atomic E-state index is -2.32. The summed E-state index contributed by atoms with van der Waals surface area (Å²) in [6.07, 6.45) is 1.79. The number of aromatic nitrogens is 2. The van der Waals surface area contributed by atoms with Gasteiger partial charge in [-0.05, 0) is 53.5 Å². The molecular formula is C35H23N4OPt-3. The summed E-state index contributed by atoms with van der Waals surface area (Å²) >= 11 is 0. The van der Waals surface area contributed by atoms with Gasteiger partial charge in [-0.3, -0.25) is 0 Å². The quantitative estimate of drug-likeness (QED) is 0.172. The molecule has 0 spiro atoms. The molecule has 5 nitrogen and oxygen atoms in total. The van der Waals surface area contributed by atoms with E-state index in [4.69, 9.17) is 8.85 Å². The number of pyridine rings is 1. The Morgan fingerprint density at radius 1 is 0.756 bits per heavy atom. The van der Waals surface area contributed by atoms with Crippen molar-refractivity contribution in [1.29, 1.82) is 0 Å². The van der Waals surface area contributed by atoms with E-state index in [1.54, 1.807) is 18.9 Å². The second-order valence-electron chi connectivity index (χ2n) is 9.67. The SMILES string of the molecule is [2H]C([2H])([2H])N1[CH-]N(c2[c-]c(Oc3[c-]c4c(cc3)c3cc5ccccc5cc3n4-c3ccccn3)ccc2)c2ccccc21.[Pt]. The maximum absolute atomic E-state index is 7.99. The second-order valence-corrected chi connectivity index (χ2v) is 9.67. The van der Waals surface area contributed by atoms with Crippen LogP contribution in [0.5, 0.6) is 11.5 Å². The molecule has 0 aliphatic carbocycles. The van der Waals surface area contributed by atoms with E-state index >= 15 is 0 Å². The van der Waals surface area contributed by atoms with Gasteiger partial charge in [-0.15, -0.1) is 41.4 Å². The summed E-state index contributed by atoms with van der Waals surface area (Å²) in [5.74, 6) is 1.81. The van der Waals surface area contributed by atoms with E-state index in [9.17, 15) is 0 Å². The molecule has 3 heterocycles. The summed E-state index contributed by atoms with van der Waals surface area (Å²) in [4.78, 5) is 7.76. The van der Waals surface area contributed by atoms with Crippen LogP contribution in [0.3, 0.4) is 0 Å². The van der Waals surface area contributed by atoms with Gasteiger partial charge in [0, 0.05) is 59.8 Å². The molecule has 1 aliphatic rings. The van der Waals surface area contributed by atoms with Gasteiger partial charge in [0.2, 0.25) is 0 Å². The molecule has 0 radical (unpaired) electrons. The zero-order chi connectivity index (χ0) is 29.1. The van der Waals surface area contributed by atoms with E-state index in [-0.39, 0.29) is 21.1 Å². The molecule has 0 fully saturated rings. The molecule has 0 N–H and O–H groups in total. The Kier molecular flexibility index (Phi) is 5.45. The Bertz CT molecular complexity index is 2160. The van der Waals surface area contributed by atoms with Crippen molar-refractivity contribution in [3.05, 3.63) is 134 Å². The zero-order valence-electron chi connectivity index (χ0n) is 24.6. The number of para-hydroxylation sites is 2. The van der Waals surface area contributed by atoms with Gasteiger partial charge < -0.3 is 19.1 Å². The maximum Gasteiger partial charge on any atom is 0.135 e. The summed E-state index contributed by atoms with van der Waals surface area (Å²) in [7, 11) is 0. The van der Waals surface area contributed by atoms with Crippen LogP contribution < -0.4 is 14.5 Å². The molecule has 41 heavy (non-hydrogen) atoms. The number of nitrogens with zero attached hydrogens (tertiary/aromatic N) is 4. The normalized spacial score (nSPS) is 14.0. The van der Waals surface area contributed by atoms with Gasteiger partial charge in [0.25, 0.3) is 0 Å². The van der Waals surface area contributed by atoms with Crippen molar-refractivity contribution in [2.24, 2.45) is 0 Å². The fourth-order valence-corrected chi connectivity index (χ4v) is 5.45. The molecular weight excluding hydrogens is 687 g/mol. The molecule has 8 rings (SSSR count). The standard InChI is InChI=1S/C35H23N4O.Pt/c1-37-23-38(32-14-5-4-13-31(32)37)26-11-8-12-27(21-26)40-28-16-17-29-30-19-24-9-2-3-10-25(24)20-33(30)39(34(29)22-28)35-15-6-7-18-36-35;/h2-20,23H,1H3;/q-3;/i1D3;. The Labute approximate surface area is 256 Å². The van der Waals surface area contributed by atoms with E-state index in [0.717, 1.165) is 38.7 Å². The predicted octanol–water partition coefficient (Wildman–Crippen LogP) is 8.43. The monoisotopic (exact) mass is 713 g/mol. The number of benzene rings is 5.